The van der Waals surface area contributed by atoms with Gasteiger partial charge < -0.3 is 31.0 Å². The summed E-state index contributed by atoms with van der Waals surface area (Å²) in [6.07, 6.45) is -2.14. The second kappa shape index (κ2) is 8.30. The fourth-order valence-electron chi connectivity index (χ4n) is 5.69. The van der Waals surface area contributed by atoms with Crippen LogP contribution >= 0.6 is 15.9 Å². The summed E-state index contributed by atoms with van der Waals surface area (Å²) in [5.41, 5.74) is 11.8. The van der Waals surface area contributed by atoms with Crippen molar-refractivity contribution in [2.75, 3.05) is 11.5 Å². The molecule has 0 radical (unpaired) electrons. The van der Waals surface area contributed by atoms with Crippen molar-refractivity contribution in [3.05, 3.63) is 52.4 Å². The molecule has 1 saturated carbocycles. The van der Waals surface area contributed by atoms with Crippen molar-refractivity contribution in [2.24, 2.45) is 5.92 Å². The number of halogens is 3. The summed E-state index contributed by atoms with van der Waals surface area (Å²) < 4.78 is 35.8. The van der Waals surface area contributed by atoms with Crippen LogP contribution in [0.2, 0.25) is 0 Å². The lowest BCUT2D eigenvalue weighted by molar-refractivity contribution is -0.0675. The molecule has 1 aliphatic heterocycles. The van der Waals surface area contributed by atoms with Crippen molar-refractivity contribution < 1.29 is 23.7 Å². The van der Waals surface area contributed by atoms with Crippen LogP contribution in [0.4, 0.5) is 20.4 Å². The van der Waals surface area contributed by atoms with Gasteiger partial charge in [0.2, 0.25) is 0 Å². The van der Waals surface area contributed by atoms with E-state index in [1.807, 2.05) is 24.3 Å². The van der Waals surface area contributed by atoms with Crippen LogP contribution in [-0.2, 0) is 11.2 Å². The average Bonchev–Trinajstić information content (AvgIpc) is 3.45. The van der Waals surface area contributed by atoms with Gasteiger partial charge in [-0.25, -0.2) is 23.7 Å². The number of hydrogen-bond acceptors (Lipinski definition) is 8. The molecule has 6 N–H and O–H groups in total. The SMILES string of the molecule is Nc1nc2cc(C[C@@H]3CC[C@@]4(O)[C@@H]3O[C@@H](n3cc(C(F)F)c5c(N)ncnc53)[C@@H]4O)ccc2cc1Br. The molecule has 4 heterocycles. The van der Waals surface area contributed by atoms with Crippen LogP contribution in [0, 0.1) is 5.92 Å². The smallest absolute Gasteiger partial charge is 0.266 e. The third-order valence-electron chi connectivity index (χ3n) is 7.44. The molecule has 5 atom stereocenters. The number of aliphatic hydroxyl groups excluding tert-OH is 1. The van der Waals surface area contributed by atoms with Gasteiger partial charge in [0.25, 0.3) is 6.43 Å². The lowest BCUT2D eigenvalue weighted by atomic mass is 9.90. The number of fused-ring (bicyclic) bond motifs is 3. The summed E-state index contributed by atoms with van der Waals surface area (Å²) in [5, 5.41) is 23.5. The Morgan fingerprint density at radius 1 is 1.22 bits per heavy atom. The van der Waals surface area contributed by atoms with Crippen LogP contribution in [0.15, 0.2) is 41.3 Å². The largest absolute Gasteiger partial charge is 0.385 e. The van der Waals surface area contributed by atoms with Gasteiger partial charge in [0.1, 0.15) is 35.3 Å². The molecule has 0 amide bonds. The minimum Gasteiger partial charge on any atom is -0.385 e. The topological polar surface area (TPSA) is 145 Å². The Morgan fingerprint density at radius 3 is 2.81 bits per heavy atom. The molecular formula is C24H23BrF2N6O3. The molecule has 0 bridgehead atoms. The van der Waals surface area contributed by atoms with Crippen molar-refractivity contribution in [1.29, 1.82) is 0 Å². The lowest BCUT2D eigenvalue weighted by Crippen LogP contribution is -2.45. The van der Waals surface area contributed by atoms with Crippen molar-refractivity contribution in [3.63, 3.8) is 0 Å². The van der Waals surface area contributed by atoms with E-state index in [4.69, 9.17) is 16.2 Å². The minimum absolute atomic E-state index is 0.0125. The van der Waals surface area contributed by atoms with Gasteiger partial charge in [0.05, 0.1) is 21.5 Å². The fourth-order valence-corrected chi connectivity index (χ4v) is 6.03. The maximum absolute atomic E-state index is 13.8. The number of rotatable bonds is 4. The summed E-state index contributed by atoms with van der Waals surface area (Å²) in [6, 6.07) is 7.80. The number of hydrogen-bond donors (Lipinski definition) is 4. The molecule has 0 unspecified atom stereocenters. The van der Waals surface area contributed by atoms with E-state index >= 15 is 0 Å². The van der Waals surface area contributed by atoms with E-state index in [9.17, 15) is 19.0 Å². The highest BCUT2D eigenvalue weighted by Gasteiger charge is 2.61. The number of nitrogen functional groups attached to an aromatic ring is 2. The fraction of sp³-hybridized carbons (Fsp3) is 0.375. The number of benzene rings is 1. The summed E-state index contributed by atoms with van der Waals surface area (Å²) in [5.74, 6) is 0.193. The van der Waals surface area contributed by atoms with E-state index in [-0.39, 0.29) is 28.3 Å². The normalized spacial score (nSPS) is 27.9. The molecule has 0 spiro atoms. The monoisotopic (exact) mass is 560 g/mol. The molecule has 3 aromatic heterocycles. The Bertz CT molecular complexity index is 1500. The zero-order chi connectivity index (χ0) is 25.4. The lowest BCUT2D eigenvalue weighted by Gasteiger charge is -2.26. The summed E-state index contributed by atoms with van der Waals surface area (Å²) >= 11 is 3.39. The number of aliphatic hydroxyl groups is 2. The van der Waals surface area contributed by atoms with Gasteiger partial charge in [-0.05, 0) is 58.8 Å². The Labute approximate surface area is 212 Å². The first-order valence-corrected chi connectivity index (χ1v) is 12.3. The van der Waals surface area contributed by atoms with E-state index in [2.05, 4.69) is 30.9 Å². The van der Waals surface area contributed by atoms with E-state index in [1.54, 1.807) is 0 Å². The van der Waals surface area contributed by atoms with Crippen molar-refractivity contribution in [3.8, 4) is 0 Å². The molecular weight excluding hydrogens is 538 g/mol. The predicted octanol–water partition coefficient (Wildman–Crippen LogP) is 3.49. The number of alkyl halides is 2. The molecule has 2 fully saturated rings. The second-order valence-corrected chi connectivity index (χ2v) is 10.4. The van der Waals surface area contributed by atoms with Crippen LogP contribution < -0.4 is 11.5 Å². The molecule has 4 aromatic rings. The molecule has 2 aliphatic rings. The number of ether oxygens (including phenoxy) is 1. The van der Waals surface area contributed by atoms with Crippen molar-refractivity contribution >= 4 is 49.5 Å². The van der Waals surface area contributed by atoms with Crippen LogP contribution in [0.1, 0.15) is 36.6 Å². The number of nitrogens with zero attached hydrogens (tertiary/aromatic N) is 4. The number of pyridine rings is 1. The molecule has 1 saturated heterocycles. The zero-order valence-electron chi connectivity index (χ0n) is 18.9. The first-order chi connectivity index (χ1) is 17.2. The van der Waals surface area contributed by atoms with E-state index in [0.717, 1.165) is 20.9 Å². The maximum atomic E-state index is 13.8. The Kier molecular flexibility index (Phi) is 5.41. The van der Waals surface area contributed by atoms with Crippen LogP contribution in [-0.4, -0.2) is 47.5 Å². The second-order valence-electron chi connectivity index (χ2n) is 9.52. The van der Waals surface area contributed by atoms with E-state index < -0.39 is 30.5 Å². The minimum atomic E-state index is -2.83. The number of aromatic nitrogens is 4. The van der Waals surface area contributed by atoms with Crippen LogP contribution in [0.5, 0.6) is 0 Å². The average molecular weight is 561 g/mol. The number of anilines is 2. The first-order valence-electron chi connectivity index (χ1n) is 11.5. The highest BCUT2D eigenvalue weighted by Crippen LogP contribution is 2.51. The molecule has 6 rings (SSSR count). The summed E-state index contributed by atoms with van der Waals surface area (Å²) in [6.45, 7) is 0. The van der Waals surface area contributed by atoms with Gasteiger partial charge >= 0.3 is 0 Å². The Hall–Kier alpha value is -2.93. The highest BCUT2D eigenvalue weighted by atomic mass is 79.9. The first kappa shape index (κ1) is 23.5. The summed E-state index contributed by atoms with van der Waals surface area (Å²) in [4.78, 5) is 12.4. The number of nitrogens with two attached hydrogens (primary N) is 2. The molecule has 1 aliphatic carbocycles. The molecule has 36 heavy (non-hydrogen) atoms. The van der Waals surface area contributed by atoms with Crippen LogP contribution in [0.3, 0.4) is 0 Å². The van der Waals surface area contributed by atoms with Gasteiger partial charge in [0, 0.05) is 17.1 Å². The molecule has 188 valence electrons. The van der Waals surface area contributed by atoms with E-state index in [1.165, 1.54) is 17.1 Å². The van der Waals surface area contributed by atoms with Crippen molar-refractivity contribution in [2.45, 2.75) is 49.7 Å². The third kappa shape index (κ3) is 3.46. The van der Waals surface area contributed by atoms with Crippen LogP contribution in [0.25, 0.3) is 21.9 Å². The highest BCUT2D eigenvalue weighted by molar-refractivity contribution is 9.10. The van der Waals surface area contributed by atoms with Gasteiger partial charge in [-0.1, -0.05) is 12.1 Å². The van der Waals surface area contributed by atoms with E-state index in [0.29, 0.717) is 25.1 Å². The molecule has 9 nitrogen and oxygen atoms in total. The Morgan fingerprint density at radius 2 is 2.03 bits per heavy atom. The van der Waals surface area contributed by atoms with Gasteiger partial charge in [-0.3, -0.25) is 0 Å². The maximum Gasteiger partial charge on any atom is 0.266 e. The molecule has 1 aromatic carbocycles. The van der Waals surface area contributed by atoms with Gasteiger partial charge in [-0.15, -0.1) is 0 Å². The predicted molar refractivity (Wildman–Crippen MR) is 132 cm³/mol. The van der Waals surface area contributed by atoms with Gasteiger partial charge in [0.15, 0.2) is 6.23 Å². The standard InChI is InChI=1S/C24H23BrF2N6O3/c25-14-7-11-2-1-10(6-15(11)32-20(14)28)5-12-3-4-24(35)17(34)23(36-18(12)24)33-8-13(19(26)27)16-21(29)30-9-31-22(16)33/h1-2,6-9,12,17-19,23,34-35H,3-5H2,(H2,28,32)(H2,29,30,31)/t12-,17-,18+,23+,24-/m0/s1. The summed E-state index contributed by atoms with van der Waals surface area (Å²) in [7, 11) is 0. The molecule has 12 heteroatoms. The quantitative estimate of drug-likeness (QED) is 0.296. The van der Waals surface area contributed by atoms with Gasteiger partial charge in [-0.2, -0.15) is 0 Å². The zero-order valence-corrected chi connectivity index (χ0v) is 20.4. The third-order valence-corrected chi connectivity index (χ3v) is 8.08. The van der Waals surface area contributed by atoms with Crippen molar-refractivity contribution in [1.82, 2.24) is 19.5 Å². The Balaban J connectivity index is 1.32.